The summed E-state index contributed by atoms with van der Waals surface area (Å²) >= 11 is 0. The van der Waals surface area contributed by atoms with Gasteiger partial charge in [-0.3, -0.25) is 9.59 Å². The number of hydrogen-bond donors (Lipinski definition) is 2. The molecule has 214 valence electrons. The van der Waals surface area contributed by atoms with Gasteiger partial charge in [0.1, 0.15) is 17.7 Å². The van der Waals surface area contributed by atoms with E-state index in [0.717, 1.165) is 5.56 Å². The molecule has 0 fully saturated rings. The van der Waals surface area contributed by atoms with Crippen LogP contribution >= 0.6 is 0 Å². The second-order valence-corrected chi connectivity index (χ2v) is 9.91. The number of benzene rings is 2. The predicted molar refractivity (Wildman–Crippen MR) is 140 cm³/mol. The largest absolute Gasteiger partial charge is 0.466 e. The number of carbonyl (C=O) groups excluding carboxylic acids is 2. The van der Waals surface area contributed by atoms with Crippen molar-refractivity contribution in [3.05, 3.63) is 70.4 Å². The van der Waals surface area contributed by atoms with Crippen LogP contribution in [-0.2, 0) is 20.5 Å². The molecule has 2 atom stereocenters. The molecule has 0 aromatic heterocycles. The summed E-state index contributed by atoms with van der Waals surface area (Å²) in [6, 6.07) is 1.08. The lowest BCUT2D eigenvalue weighted by Crippen LogP contribution is -2.45. The second-order valence-electron chi connectivity index (χ2n) is 9.91. The summed E-state index contributed by atoms with van der Waals surface area (Å²) in [5.74, 6) is -4.91. The lowest BCUT2D eigenvalue weighted by atomic mass is 9.88. The highest BCUT2D eigenvalue weighted by atomic mass is 19.4. The van der Waals surface area contributed by atoms with Crippen molar-refractivity contribution in [3.8, 4) is 11.1 Å². The molecule has 39 heavy (non-hydrogen) atoms. The van der Waals surface area contributed by atoms with E-state index in [1.165, 1.54) is 13.1 Å². The normalized spacial score (nSPS) is 13.1. The number of nitrogens with one attached hydrogen (secondary N) is 2. The standard InChI is InChI=1S/C29H35F5N2O3/c1-8-35-22(10-15(3)4)28(38)36-21(14-23(37)39-9-2)25-26(30)19(13-20(27(25)31)29(32,33)34)24-17(6)11-16(5)12-18(24)7/h8,11-13,15,21-22,35H,1,9-10,14H2,2-7H3,(H,36,38)/t21-,22?/m0/s1. The Morgan fingerprint density at radius 3 is 2.13 bits per heavy atom. The average molecular weight is 555 g/mol. The summed E-state index contributed by atoms with van der Waals surface area (Å²) in [5, 5.41) is 5.13. The van der Waals surface area contributed by atoms with Crippen molar-refractivity contribution >= 4 is 11.9 Å². The van der Waals surface area contributed by atoms with Crippen molar-refractivity contribution in [3.63, 3.8) is 0 Å². The molecule has 2 N–H and O–H groups in total. The first-order valence-electron chi connectivity index (χ1n) is 12.6. The first-order chi connectivity index (χ1) is 18.1. The Bertz CT molecular complexity index is 1200. The average Bonchev–Trinajstić information content (AvgIpc) is 2.78. The van der Waals surface area contributed by atoms with E-state index in [0.29, 0.717) is 17.2 Å². The number of rotatable bonds is 11. The fourth-order valence-electron chi connectivity index (χ4n) is 4.71. The van der Waals surface area contributed by atoms with Gasteiger partial charge in [-0.05, 0) is 69.0 Å². The third kappa shape index (κ3) is 7.80. The van der Waals surface area contributed by atoms with Crippen LogP contribution in [0.5, 0.6) is 0 Å². The number of amides is 1. The van der Waals surface area contributed by atoms with Crippen LogP contribution in [0.4, 0.5) is 22.0 Å². The van der Waals surface area contributed by atoms with E-state index in [9.17, 15) is 22.8 Å². The highest BCUT2D eigenvalue weighted by Gasteiger charge is 2.40. The minimum absolute atomic E-state index is 0.0119. The molecule has 0 aliphatic heterocycles. The van der Waals surface area contributed by atoms with Crippen LogP contribution in [0, 0.1) is 38.3 Å². The Labute approximate surface area is 225 Å². The molecule has 10 heteroatoms. The molecule has 0 saturated heterocycles. The van der Waals surface area contributed by atoms with Crippen LogP contribution in [0.1, 0.15) is 67.5 Å². The Kier molecular flexibility index (Phi) is 10.7. The maximum atomic E-state index is 16.2. The van der Waals surface area contributed by atoms with Gasteiger partial charge in [0.15, 0.2) is 0 Å². The third-order valence-electron chi connectivity index (χ3n) is 6.17. The van der Waals surface area contributed by atoms with Crippen molar-refractivity contribution in [2.45, 2.75) is 72.6 Å². The molecule has 2 aromatic carbocycles. The zero-order valence-electron chi connectivity index (χ0n) is 23.0. The fourth-order valence-corrected chi connectivity index (χ4v) is 4.71. The zero-order valence-corrected chi connectivity index (χ0v) is 23.0. The van der Waals surface area contributed by atoms with Gasteiger partial charge in [-0.25, -0.2) is 8.78 Å². The van der Waals surface area contributed by atoms with Crippen molar-refractivity contribution in [2.75, 3.05) is 6.61 Å². The highest BCUT2D eigenvalue weighted by molar-refractivity contribution is 5.83. The number of carbonyl (C=O) groups is 2. The van der Waals surface area contributed by atoms with E-state index in [1.54, 1.807) is 32.9 Å². The van der Waals surface area contributed by atoms with Crippen LogP contribution in [0.15, 0.2) is 31.0 Å². The van der Waals surface area contributed by atoms with Gasteiger partial charge in [0.2, 0.25) is 5.91 Å². The first-order valence-corrected chi connectivity index (χ1v) is 12.6. The number of ether oxygens (including phenoxy) is 1. The molecule has 0 spiro atoms. The fraction of sp³-hybridized carbons (Fsp3) is 0.448. The number of hydrogen-bond acceptors (Lipinski definition) is 4. The molecule has 2 aromatic rings. The minimum atomic E-state index is -5.18. The van der Waals surface area contributed by atoms with Crippen LogP contribution in [-0.4, -0.2) is 24.5 Å². The van der Waals surface area contributed by atoms with E-state index in [1.807, 2.05) is 13.8 Å². The van der Waals surface area contributed by atoms with E-state index < -0.39 is 64.9 Å². The van der Waals surface area contributed by atoms with Gasteiger partial charge in [0, 0.05) is 11.1 Å². The van der Waals surface area contributed by atoms with Gasteiger partial charge in [-0.1, -0.05) is 38.1 Å². The molecule has 1 amide bonds. The molecule has 2 rings (SSSR count). The molecule has 0 aliphatic carbocycles. The number of alkyl halides is 3. The Morgan fingerprint density at radius 1 is 1.05 bits per heavy atom. The van der Waals surface area contributed by atoms with Gasteiger partial charge in [-0.2, -0.15) is 13.2 Å². The molecular weight excluding hydrogens is 519 g/mol. The van der Waals surface area contributed by atoms with Gasteiger partial charge < -0.3 is 15.4 Å². The summed E-state index contributed by atoms with van der Waals surface area (Å²) < 4.78 is 78.8. The summed E-state index contributed by atoms with van der Waals surface area (Å²) in [5.41, 5.74) is -1.32. The predicted octanol–water partition coefficient (Wildman–Crippen LogP) is 6.83. The van der Waals surface area contributed by atoms with Gasteiger partial charge in [0.25, 0.3) is 0 Å². The molecule has 0 aliphatic rings. The zero-order chi connectivity index (χ0) is 29.7. The molecule has 0 radical (unpaired) electrons. The summed E-state index contributed by atoms with van der Waals surface area (Å²) in [6.07, 6.45) is -4.43. The summed E-state index contributed by atoms with van der Waals surface area (Å²) in [7, 11) is 0. The first kappa shape index (κ1) is 31.8. The number of aryl methyl sites for hydroxylation is 3. The van der Waals surface area contributed by atoms with Crippen molar-refractivity contribution in [1.82, 2.24) is 10.6 Å². The van der Waals surface area contributed by atoms with Crippen LogP contribution in [0.2, 0.25) is 0 Å². The molecule has 0 heterocycles. The Morgan fingerprint density at radius 2 is 1.64 bits per heavy atom. The lowest BCUT2D eigenvalue weighted by molar-refractivity contribution is -0.144. The SMILES string of the molecule is C=CNC(CC(C)C)C(=O)N[C@@H](CC(=O)OCC)c1c(F)c(-c2c(C)cc(C)cc2C)cc(C(F)(F)F)c1F. The summed E-state index contributed by atoms with van der Waals surface area (Å²) in [4.78, 5) is 25.6. The lowest BCUT2D eigenvalue weighted by Gasteiger charge is -2.26. The van der Waals surface area contributed by atoms with E-state index in [4.69, 9.17) is 4.74 Å². The Hall–Kier alpha value is -3.43. The van der Waals surface area contributed by atoms with E-state index >= 15 is 8.78 Å². The smallest absolute Gasteiger partial charge is 0.419 e. The number of halogens is 5. The topological polar surface area (TPSA) is 67.4 Å². The molecule has 0 saturated carbocycles. The van der Waals surface area contributed by atoms with Gasteiger partial charge >= 0.3 is 12.1 Å². The maximum Gasteiger partial charge on any atom is 0.419 e. The van der Waals surface area contributed by atoms with E-state index in [-0.39, 0.29) is 24.5 Å². The molecule has 1 unspecified atom stereocenters. The van der Waals surface area contributed by atoms with Crippen molar-refractivity contribution in [2.24, 2.45) is 5.92 Å². The molecule has 5 nitrogen and oxygen atoms in total. The van der Waals surface area contributed by atoms with Gasteiger partial charge in [0.05, 0.1) is 24.6 Å². The molecule has 0 bridgehead atoms. The van der Waals surface area contributed by atoms with Crippen LogP contribution in [0.25, 0.3) is 11.1 Å². The monoisotopic (exact) mass is 554 g/mol. The van der Waals surface area contributed by atoms with Crippen LogP contribution in [0.3, 0.4) is 0 Å². The Balaban J connectivity index is 2.84. The quantitative estimate of drug-likeness (QED) is 0.236. The highest BCUT2D eigenvalue weighted by Crippen LogP contribution is 2.42. The number of esters is 1. The van der Waals surface area contributed by atoms with Crippen molar-refractivity contribution < 1.29 is 36.3 Å². The third-order valence-corrected chi connectivity index (χ3v) is 6.17. The summed E-state index contributed by atoms with van der Waals surface area (Å²) in [6.45, 7) is 13.6. The second kappa shape index (κ2) is 13.1. The van der Waals surface area contributed by atoms with Crippen molar-refractivity contribution in [1.29, 1.82) is 0 Å². The molecular formula is C29H35F5N2O3. The maximum absolute atomic E-state index is 16.2. The van der Waals surface area contributed by atoms with Gasteiger partial charge in [-0.15, -0.1) is 0 Å². The minimum Gasteiger partial charge on any atom is -0.466 e. The van der Waals surface area contributed by atoms with E-state index in [2.05, 4.69) is 17.2 Å². The van der Waals surface area contributed by atoms with Crippen LogP contribution < -0.4 is 10.6 Å².